The predicted molar refractivity (Wildman–Crippen MR) is 80.8 cm³/mol. The first kappa shape index (κ1) is 14.0. The molecule has 0 bridgehead atoms. The van der Waals surface area contributed by atoms with Gasteiger partial charge in [0.1, 0.15) is 0 Å². The Balaban J connectivity index is 1.86. The Bertz CT molecular complexity index is 470. The van der Waals surface area contributed by atoms with Crippen LogP contribution in [0.1, 0.15) is 56.7 Å². The van der Waals surface area contributed by atoms with E-state index in [4.69, 9.17) is 0 Å². The zero-order valence-electron chi connectivity index (χ0n) is 12.7. The van der Waals surface area contributed by atoms with Gasteiger partial charge in [0.15, 0.2) is 0 Å². The molecule has 1 fully saturated rings. The van der Waals surface area contributed by atoms with Crippen molar-refractivity contribution in [2.24, 2.45) is 0 Å². The molecule has 1 N–H and O–H groups in total. The summed E-state index contributed by atoms with van der Waals surface area (Å²) < 4.78 is 0. The van der Waals surface area contributed by atoms with Crippen LogP contribution in [0.15, 0.2) is 18.3 Å². The zero-order chi connectivity index (χ0) is 14.2. The summed E-state index contributed by atoms with van der Waals surface area (Å²) in [4.78, 5) is 7.06. The number of aliphatic hydroxyl groups is 1. The van der Waals surface area contributed by atoms with Crippen molar-refractivity contribution in [2.45, 2.75) is 63.5 Å². The minimum atomic E-state index is -0.318. The van der Waals surface area contributed by atoms with Crippen molar-refractivity contribution in [3.05, 3.63) is 29.6 Å². The molecular formula is C17H26N2O. The van der Waals surface area contributed by atoms with E-state index >= 15 is 0 Å². The van der Waals surface area contributed by atoms with Crippen LogP contribution >= 0.6 is 0 Å². The van der Waals surface area contributed by atoms with E-state index in [9.17, 15) is 5.11 Å². The molecule has 3 heteroatoms. The van der Waals surface area contributed by atoms with Crippen molar-refractivity contribution >= 4 is 0 Å². The second-order valence-electron chi connectivity index (χ2n) is 6.54. The van der Waals surface area contributed by atoms with Gasteiger partial charge in [-0.1, -0.05) is 13.0 Å². The minimum absolute atomic E-state index is 0.111. The maximum absolute atomic E-state index is 11.1. The van der Waals surface area contributed by atoms with Crippen LogP contribution in [0, 0.1) is 0 Å². The lowest BCUT2D eigenvalue weighted by molar-refractivity contribution is -0.0280. The molecule has 0 saturated carbocycles. The van der Waals surface area contributed by atoms with E-state index in [1.54, 1.807) is 0 Å². The molecule has 2 aliphatic rings. The summed E-state index contributed by atoms with van der Waals surface area (Å²) in [5, 5.41) is 11.1. The molecule has 0 radical (unpaired) electrons. The average Bonchev–Trinajstić information content (AvgIpc) is 3.15. The van der Waals surface area contributed by atoms with E-state index in [0.717, 1.165) is 38.0 Å². The number of aryl methyl sites for hydroxylation is 1. The molecule has 3 rings (SSSR count). The van der Waals surface area contributed by atoms with Crippen molar-refractivity contribution in [1.82, 2.24) is 9.88 Å². The molecule has 2 heterocycles. The monoisotopic (exact) mass is 274 g/mol. The fraction of sp³-hybridized carbons (Fsp3) is 0.706. The van der Waals surface area contributed by atoms with Gasteiger partial charge < -0.3 is 5.11 Å². The van der Waals surface area contributed by atoms with Crippen LogP contribution in [0.4, 0.5) is 0 Å². The highest BCUT2D eigenvalue weighted by molar-refractivity contribution is 5.30. The molecule has 3 unspecified atom stereocenters. The highest BCUT2D eigenvalue weighted by atomic mass is 16.3. The van der Waals surface area contributed by atoms with Gasteiger partial charge in [-0.2, -0.15) is 0 Å². The number of likely N-dealkylation sites (tertiary alicyclic amines) is 1. The van der Waals surface area contributed by atoms with E-state index in [1.165, 1.54) is 18.4 Å². The number of hydrogen-bond acceptors (Lipinski definition) is 3. The first-order valence-electron chi connectivity index (χ1n) is 8.03. The number of hydrogen-bond donors (Lipinski definition) is 1. The Morgan fingerprint density at radius 2 is 2.20 bits per heavy atom. The lowest BCUT2D eigenvalue weighted by atomic mass is 9.81. The first-order valence-corrected chi connectivity index (χ1v) is 8.03. The Hall–Kier alpha value is -0.930. The summed E-state index contributed by atoms with van der Waals surface area (Å²) in [5.41, 5.74) is 2.36. The Kier molecular flexibility index (Phi) is 3.83. The third-order valence-corrected chi connectivity index (χ3v) is 5.56. The highest BCUT2D eigenvalue weighted by Gasteiger charge is 2.44. The Morgan fingerprint density at radius 3 is 2.90 bits per heavy atom. The molecule has 3 atom stereocenters. The van der Waals surface area contributed by atoms with Gasteiger partial charge in [-0.05, 0) is 63.7 Å². The Morgan fingerprint density at radius 1 is 1.45 bits per heavy atom. The van der Waals surface area contributed by atoms with E-state index < -0.39 is 0 Å². The largest absolute Gasteiger partial charge is 0.391 e. The third kappa shape index (κ3) is 2.17. The topological polar surface area (TPSA) is 36.4 Å². The summed E-state index contributed by atoms with van der Waals surface area (Å²) in [6, 6.07) is 4.17. The summed E-state index contributed by atoms with van der Waals surface area (Å²) in [5.74, 6) is 0.205. The molecule has 0 spiro atoms. The smallest absolute Gasteiger partial charge is 0.0804 e. The number of nitrogens with zero attached hydrogens (tertiary/aromatic N) is 2. The van der Waals surface area contributed by atoms with Gasteiger partial charge in [0.05, 0.1) is 6.10 Å². The fourth-order valence-corrected chi connectivity index (χ4v) is 4.03. The standard InChI is InChI=1S/C17H26N2O/c1-3-17(2,19-11-4-5-12-19)16(20)14-9-8-13-7-6-10-18-15(13)14/h6-7,10,14,16,20H,3-5,8-9,11-12H2,1-2H3. The van der Waals surface area contributed by atoms with Crippen molar-refractivity contribution in [3.8, 4) is 0 Å². The van der Waals surface area contributed by atoms with Gasteiger partial charge in [-0.15, -0.1) is 0 Å². The Labute approximate surface area is 122 Å². The zero-order valence-corrected chi connectivity index (χ0v) is 12.7. The fourth-order valence-electron chi connectivity index (χ4n) is 4.03. The predicted octanol–water partition coefficient (Wildman–Crippen LogP) is 2.74. The van der Waals surface area contributed by atoms with E-state index in [-0.39, 0.29) is 17.6 Å². The van der Waals surface area contributed by atoms with Crippen molar-refractivity contribution in [2.75, 3.05) is 13.1 Å². The number of aromatic nitrogens is 1. The van der Waals surface area contributed by atoms with Crippen molar-refractivity contribution in [1.29, 1.82) is 0 Å². The summed E-state index contributed by atoms with van der Waals surface area (Å²) in [6.45, 7) is 6.70. The van der Waals surface area contributed by atoms with Crippen LogP contribution in [0.2, 0.25) is 0 Å². The summed E-state index contributed by atoms with van der Waals surface area (Å²) in [6.07, 6.45) is 7.17. The van der Waals surface area contributed by atoms with Gasteiger partial charge in [-0.25, -0.2) is 0 Å². The molecule has 1 aromatic heterocycles. The molecule has 1 aliphatic carbocycles. The number of fused-ring (bicyclic) bond motifs is 1. The lowest BCUT2D eigenvalue weighted by Gasteiger charge is -2.44. The summed E-state index contributed by atoms with van der Waals surface area (Å²) in [7, 11) is 0. The third-order valence-electron chi connectivity index (χ3n) is 5.56. The van der Waals surface area contributed by atoms with Crippen LogP contribution in [-0.4, -0.2) is 39.7 Å². The molecule has 110 valence electrons. The first-order chi connectivity index (χ1) is 9.66. The molecule has 1 aliphatic heterocycles. The number of pyridine rings is 1. The second kappa shape index (κ2) is 5.45. The van der Waals surface area contributed by atoms with Crippen molar-refractivity contribution < 1.29 is 5.11 Å². The van der Waals surface area contributed by atoms with Gasteiger partial charge in [0.25, 0.3) is 0 Å². The van der Waals surface area contributed by atoms with Crippen LogP contribution < -0.4 is 0 Å². The second-order valence-corrected chi connectivity index (χ2v) is 6.54. The quantitative estimate of drug-likeness (QED) is 0.917. The molecule has 3 nitrogen and oxygen atoms in total. The maximum atomic E-state index is 11.1. The van der Waals surface area contributed by atoms with Gasteiger partial charge >= 0.3 is 0 Å². The highest BCUT2D eigenvalue weighted by Crippen LogP contribution is 2.41. The lowest BCUT2D eigenvalue weighted by Crippen LogP contribution is -2.55. The SMILES string of the molecule is CCC(C)(C(O)C1CCc2cccnc21)N1CCCC1. The average molecular weight is 274 g/mol. The minimum Gasteiger partial charge on any atom is -0.391 e. The number of aliphatic hydroxyl groups excluding tert-OH is 1. The van der Waals surface area contributed by atoms with Crippen LogP contribution in [-0.2, 0) is 6.42 Å². The van der Waals surface area contributed by atoms with E-state index in [1.807, 2.05) is 12.3 Å². The van der Waals surface area contributed by atoms with Gasteiger partial charge in [0, 0.05) is 23.3 Å². The molecule has 1 saturated heterocycles. The molecular weight excluding hydrogens is 248 g/mol. The van der Waals surface area contributed by atoms with Crippen LogP contribution in [0.3, 0.4) is 0 Å². The van der Waals surface area contributed by atoms with E-state index in [0.29, 0.717) is 0 Å². The molecule has 0 amide bonds. The summed E-state index contributed by atoms with van der Waals surface area (Å²) >= 11 is 0. The van der Waals surface area contributed by atoms with E-state index in [2.05, 4.69) is 29.8 Å². The molecule has 0 aromatic carbocycles. The van der Waals surface area contributed by atoms with Crippen LogP contribution in [0.25, 0.3) is 0 Å². The number of rotatable bonds is 4. The van der Waals surface area contributed by atoms with Gasteiger partial charge in [-0.3, -0.25) is 9.88 Å². The van der Waals surface area contributed by atoms with Crippen molar-refractivity contribution in [3.63, 3.8) is 0 Å². The maximum Gasteiger partial charge on any atom is 0.0804 e. The molecule has 20 heavy (non-hydrogen) atoms. The van der Waals surface area contributed by atoms with Gasteiger partial charge in [0.2, 0.25) is 0 Å². The normalized spacial score (nSPS) is 27.2. The van der Waals surface area contributed by atoms with Crippen LogP contribution in [0.5, 0.6) is 0 Å². The molecule has 1 aromatic rings.